The van der Waals surface area contributed by atoms with Gasteiger partial charge in [0.25, 0.3) is 6.43 Å². The van der Waals surface area contributed by atoms with Crippen molar-refractivity contribution in [1.29, 1.82) is 5.26 Å². The molecule has 0 atom stereocenters. The van der Waals surface area contributed by atoms with Gasteiger partial charge in [-0.05, 0) is 0 Å². The predicted molar refractivity (Wildman–Crippen MR) is 46.5 cm³/mol. The maximum absolute atomic E-state index is 12.6. The van der Waals surface area contributed by atoms with Gasteiger partial charge in [-0.15, -0.1) is 13.2 Å². The number of nitrogens with zero attached hydrogens (tertiary/aromatic N) is 2. The first-order valence-electron chi connectivity index (χ1n) is 4.36. The number of aliphatic hydroxyl groups excluding tert-OH is 1. The Morgan fingerprint density at radius 1 is 1.44 bits per heavy atom. The molecule has 0 unspecified atom stereocenters. The first kappa shape index (κ1) is 14.1. The van der Waals surface area contributed by atoms with E-state index in [4.69, 9.17) is 10.4 Å². The van der Waals surface area contributed by atoms with E-state index in [0.29, 0.717) is 6.20 Å². The third kappa shape index (κ3) is 3.04. The van der Waals surface area contributed by atoms with E-state index in [0.717, 1.165) is 0 Å². The number of nitriles is 1. The minimum atomic E-state index is -5.11. The van der Waals surface area contributed by atoms with Crippen LogP contribution in [0.1, 0.15) is 23.2 Å². The van der Waals surface area contributed by atoms with Crippen molar-refractivity contribution in [2.75, 3.05) is 0 Å². The first-order chi connectivity index (χ1) is 8.30. The van der Waals surface area contributed by atoms with E-state index in [1.165, 1.54) is 6.07 Å². The van der Waals surface area contributed by atoms with Crippen LogP contribution in [0.5, 0.6) is 5.75 Å². The quantitative estimate of drug-likeness (QED) is 0.854. The SMILES string of the molecule is N#Cc1ncc(OC(F)(F)F)c(CO)c1C(F)F. The summed E-state index contributed by atoms with van der Waals surface area (Å²) in [6.07, 6.45) is -7.91. The number of aliphatic hydroxyl groups is 1. The minimum absolute atomic E-state index is 0.462. The first-order valence-corrected chi connectivity index (χ1v) is 4.36. The van der Waals surface area contributed by atoms with Crippen molar-refractivity contribution in [2.45, 2.75) is 19.4 Å². The van der Waals surface area contributed by atoms with Gasteiger partial charge in [0, 0.05) is 5.56 Å². The molecule has 0 spiro atoms. The van der Waals surface area contributed by atoms with Gasteiger partial charge in [0.2, 0.25) is 0 Å². The van der Waals surface area contributed by atoms with Gasteiger partial charge in [0.1, 0.15) is 11.8 Å². The van der Waals surface area contributed by atoms with Crippen LogP contribution in [0.15, 0.2) is 6.20 Å². The molecular formula is C9H5F5N2O2. The Hall–Kier alpha value is -1.95. The molecule has 0 aliphatic rings. The van der Waals surface area contributed by atoms with E-state index in [-0.39, 0.29) is 0 Å². The molecule has 1 heterocycles. The highest BCUT2D eigenvalue weighted by atomic mass is 19.4. The standard InChI is InChI=1S/C9H5F5N2O2/c10-8(11)7-4(3-17)6(18-9(12,13)14)2-16-5(7)1-15/h2,8,17H,3H2. The summed E-state index contributed by atoms with van der Waals surface area (Å²) >= 11 is 0. The molecule has 1 aromatic rings. The van der Waals surface area contributed by atoms with Gasteiger partial charge in [0.05, 0.1) is 18.4 Å². The summed E-state index contributed by atoms with van der Waals surface area (Å²) in [5.74, 6) is -1.06. The lowest BCUT2D eigenvalue weighted by Gasteiger charge is -2.15. The molecule has 18 heavy (non-hydrogen) atoms. The zero-order valence-corrected chi connectivity index (χ0v) is 8.50. The molecule has 0 fully saturated rings. The molecule has 0 radical (unpaired) electrons. The van der Waals surface area contributed by atoms with Crippen molar-refractivity contribution < 1.29 is 31.8 Å². The normalized spacial score (nSPS) is 11.4. The smallest absolute Gasteiger partial charge is 0.404 e. The maximum atomic E-state index is 12.6. The van der Waals surface area contributed by atoms with E-state index in [9.17, 15) is 22.0 Å². The second kappa shape index (κ2) is 5.14. The van der Waals surface area contributed by atoms with Gasteiger partial charge in [-0.1, -0.05) is 0 Å². The molecule has 1 aromatic heterocycles. The van der Waals surface area contributed by atoms with Crippen molar-refractivity contribution in [3.05, 3.63) is 23.0 Å². The number of aromatic nitrogens is 1. The molecule has 0 aromatic carbocycles. The van der Waals surface area contributed by atoms with Crippen LogP contribution < -0.4 is 4.74 Å². The van der Waals surface area contributed by atoms with Crippen LogP contribution in [0.2, 0.25) is 0 Å². The number of hydrogen-bond donors (Lipinski definition) is 1. The summed E-state index contributed by atoms with van der Waals surface area (Å²) in [7, 11) is 0. The monoisotopic (exact) mass is 268 g/mol. The molecule has 9 heteroatoms. The Kier molecular flexibility index (Phi) is 4.03. The van der Waals surface area contributed by atoms with Crippen LogP contribution in [0.25, 0.3) is 0 Å². The highest BCUT2D eigenvalue weighted by Crippen LogP contribution is 2.34. The van der Waals surface area contributed by atoms with Crippen molar-refractivity contribution >= 4 is 0 Å². The number of pyridine rings is 1. The van der Waals surface area contributed by atoms with Crippen molar-refractivity contribution in [2.24, 2.45) is 0 Å². The third-order valence-electron chi connectivity index (χ3n) is 1.90. The van der Waals surface area contributed by atoms with Gasteiger partial charge in [-0.3, -0.25) is 0 Å². The van der Waals surface area contributed by atoms with E-state index < -0.39 is 42.0 Å². The Labute approximate surface area is 97.2 Å². The molecule has 0 bridgehead atoms. The van der Waals surface area contributed by atoms with E-state index in [1.54, 1.807) is 0 Å². The van der Waals surface area contributed by atoms with Crippen LogP contribution in [-0.4, -0.2) is 16.5 Å². The van der Waals surface area contributed by atoms with E-state index in [1.807, 2.05) is 0 Å². The van der Waals surface area contributed by atoms with Gasteiger partial charge >= 0.3 is 6.36 Å². The number of hydrogen-bond acceptors (Lipinski definition) is 4. The largest absolute Gasteiger partial charge is 0.573 e. The number of halogens is 5. The molecule has 0 saturated carbocycles. The lowest BCUT2D eigenvalue weighted by molar-refractivity contribution is -0.275. The molecule has 0 aliphatic carbocycles. The molecule has 1 rings (SSSR count). The van der Waals surface area contributed by atoms with Gasteiger partial charge in [0.15, 0.2) is 5.75 Å². The second-order valence-corrected chi connectivity index (χ2v) is 2.98. The summed E-state index contributed by atoms with van der Waals surface area (Å²) in [4.78, 5) is 3.13. The molecule has 98 valence electrons. The Balaban J connectivity index is 3.39. The van der Waals surface area contributed by atoms with Gasteiger partial charge in [-0.2, -0.15) is 5.26 Å². The average Bonchev–Trinajstić information content (AvgIpc) is 2.26. The van der Waals surface area contributed by atoms with Crippen LogP contribution in [0, 0.1) is 11.3 Å². The predicted octanol–water partition coefficient (Wildman–Crippen LogP) is 2.28. The Morgan fingerprint density at radius 2 is 2.06 bits per heavy atom. The summed E-state index contributed by atoms with van der Waals surface area (Å²) < 4.78 is 64.7. The van der Waals surface area contributed by atoms with Crippen molar-refractivity contribution in [3.63, 3.8) is 0 Å². The van der Waals surface area contributed by atoms with Gasteiger partial charge in [-0.25, -0.2) is 13.8 Å². The Bertz CT molecular complexity index is 481. The van der Waals surface area contributed by atoms with Crippen molar-refractivity contribution in [1.82, 2.24) is 4.98 Å². The fraction of sp³-hybridized carbons (Fsp3) is 0.333. The molecular weight excluding hydrogens is 263 g/mol. The third-order valence-corrected chi connectivity index (χ3v) is 1.90. The zero-order valence-electron chi connectivity index (χ0n) is 8.50. The molecule has 1 N–H and O–H groups in total. The van der Waals surface area contributed by atoms with Gasteiger partial charge < -0.3 is 9.84 Å². The van der Waals surface area contributed by atoms with E-state index in [2.05, 4.69) is 9.72 Å². The number of ether oxygens (including phenoxy) is 1. The van der Waals surface area contributed by atoms with Crippen LogP contribution in [0.3, 0.4) is 0 Å². The summed E-state index contributed by atoms with van der Waals surface area (Å²) in [6.45, 7) is -1.14. The average molecular weight is 268 g/mol. The molecule has 0 aliphatic heterocycles. The highest BCUT2D eigenvalue weighted by Gasteiger charge is 2.34. The topological polar surface area (TPSA) is 66.1 Å². The Morgan fingerprint density at radius 3 is 2.44 bits per heavy atom. The lowest BCUT2D eigenvalue weighted by Crippen LogP contribution is -2.19. The van der Waals surface area contributed by atoms with Crippen LogP contribution >= 0.6 is 0 Å². The molecule has 4 nitrogen and oxygen atoms in total. The number of alkyl halides is 5. The summed E-state index contributed by atoms with van der Waals surface area (Å²) in [5.41, 5.74) is -2.64. The fourth-order valence-electron chi connectivity index (χ4n) is 1.25. The molecule has 0 saturated heterocycles. The molecule has 0 amide bonds. The fourth-order valence-corrected chi connectivity index (χ4v) is 1.25. The number of rotatable bonds is 3. The summed E-state index contributed by atoms with van der Waals surface area (Å²) in [5, 5.41) is 17.4. The minimum Gasteiger partial charge on any atom is -0.404 e. The van der Waals surface area contributed by atoms with Crippen molar-refractivity contribution in [3.8, 4) is 11.8 Å². The second-order valence-electron chi connectivity index (χ2n) is 2.98. The van der Waals surface area contributed by atoms with E-state index >= 15 is 0 Å². The van der Waals surface area contributed by atoms with Crippen LogP contribution in [0.4, 0.5) is 22.0 Å². The lowest BCUT2D eigenvalue weighted by atomic mass is 10.1. The maximum Gasteiger partial charge on any atom is 0.573 e. The zero-order chi connectivity index (χ0) is 13.9. The highest BCUT2D eigenvalue weighted by molar-refractivity contribution is 5.45. The summed E-state index contributed by atoms with van der Waals surface area (Å²) in [6, 6.07) is 1.30. The van der Waals surface area contributed by atoms with Crippen LogP contribution in [-0.2, 0) is 6.61 Å².